The van der Waals surface area contributed by atoms with Crippen molar-refractivity contribution in [3.63, 3.8) is 0 Å². The highest BCUT2D eigenvalue weighted by molar-refractivity contribution is 7.92. The van der Waals surface area contributed by atoms with Gasteiger partial charge in [-0.15, -0.1) is 0 Å². The van der Waals surface area contributed by atoms with Crippen LogP contribution < -0.4 is 5.32 Å². The van der Waals surface area contributed by atoms with Crippen molar-refractivity contribution in [2.45, 2.75) is 18.6 Å². The van der Waals surface area contributed by atoms with Gasteiger partial charge in [0.2, 0.25) is 0 Å². The molecule has 1 saturated heterocycles. The van der Waals surface area contributed by atoms with E-state index in [0.29, 0.717) is 18.8 Å². The van der Waals surface area contributed by atoms with Crippen LogP contribution >= 0.6 is 0 Å². The molecule has 0 aromatic rings. The van der Waals surface area contributed by atoms with Crippen LogP contribution in [-0.4, -0.2) is 32.5 Å². The SMILES string of the molecule is CC[C@H]1CNCCS1(=O)=O. The fourth-order valence-electron chi connectivity index (χ4n) is 1.17. The first-order valence-corrected chi connectivity index (χ1v) is 5.30. The summed E-state index contributed by atoms with van der Waals surface area (Å²) in [5.41, 5.74) is 0. The zero-order valence-corrected chi connectivity index (χ0v) is 6.95. The summed E-state index contributed by atoms with van der Waals surface area (Å²) in [4.78, 5) is 0. The second-order valence-corrected chi connectivity index (χ2v) is 5.00. The minimum absolute atomic E-state index is 0.138. The van der Waals surface area contributed by atoms with Gasteiger partial charge in [-0.05, 0) is 6.42 Å². The average molecular weight is 163 g/mol. The maximum absolute atomic E-state index is 11.2. The molecule has 0 radical (unpaired) electrons. The highest BCUT2D eigenvalue weighted by Crippen LogP contribution is 2.08. The molecule has 0 bridgehead atoms. The van der Waals surface area contributed by atoms with Crippen LogP contribution in [0.2, 0.25) is 0 Å². The Bertz CT molecular complexity index is 198. The molecule has 0 aromatic heterocycles. The number of hydrogen-bond acceptors (Lipinski definition) is 3. The van der Waals surface area contributed by atoms with Gasteiger partial charge in [-0.3, -0.25) is 0 Å². The first kappa shape index (κ1) is 8.01. The van der Waals surface area contributed by atoms with Gasteiger partial charge >= 0.3 is 0 Å². The monoisotopic (exact) mass is 163 g/mol. The van der Waals surface area contributed by atoms with Crippen molar-refractivity contribution in [3.8, 4) is 0 Å². The number of nitrogens with one attached hydrogen (secondary N) is 1. The van der Waals surface area contributed by atoms with Crippen LogP contribution in [0.5, 0.6) is 0 Å². The lowest BCUT2D eigenvalue weighted by Crippen LogP contribution is -2.43. The molecule has 1 aliphatic rings. The number of hydrogen-bond donors (Lipinski definition) is 1. The van der Waals surface area contributed by atoms with Gasteiger partial charge in [-0.1, -0.05) is 6.92 Å². The Morgan fingerprint density at radius 3 is 2.70 bits per heavy atom. The van der Waals surface area contributed by atoms with E-state index in [2.05, 4.69) is 5.32 Å². The van der Waals surface area contributed by atoms with Gasteiger partial charge in [0.1, 0.15) is 0 Å². The molecule has 0 spiro atoms. The third-order valence-electron chi connectivity index (χ3n) is 1.90. The van der Waals surface area contributed by atoms with E-state index in [4.69, 9.17) is 0 Å². The minimum Gasteiger partial charge on any atom is -0.314 e. The summed E-state index contributed by atoms with van der Waals surface area (Å²) in [6.45, 7) is 3.17. The van der Waals surface area contributed by atoms with Crippen molar-refractivity contribution >= 4 is 9.84 Å². The summed E-state index contributed by atoms with van der Waals surface area (Å²) in [6, 6.07) is 0. The lowest BCUT2D eigenvalue weighted by Gasteiger charge is -2.21. The molecular formula is C6H13NO2S. The largest absolute Gasteiger partial charge is 0.314 e. The highest BCUT2D eigenvalue weighted by atomic mass is 32.2. The second-order valence-electron chi connectivity index (χ2n) is 2.60. The quantitative estimate of drug-likeness (QED) is 0.581. The Hall–Kier alpha value is -0.0900. The molecule has 1 N–H and O–H groups in total. The van der Waals surface area contributed by atoms with Gasteiger partial charge in [-0.25, -0.2) is 8.42 Å². The summed E-state index contributed by atoms with van der Waals surface area (Å²) < 4.78 is 22.3. The Morgan fingerprint density at radius 1 is 1.60 bits per heavy atom. The fraction of sp³-hybridized carbons (Fsp3) is 1.00. The smallest absolute Gasteiger partial charge is 0.155 e. The van der Waals surface area contributed by atoms with Crippen LogP contribution in [0.1, 0.15) is 13.3 Å². The van der Waals surface area contributed by atoms with Gasteiger partial charge in [0.15, 0.2) is 9.84 Å². The highest BCUT2D eigenvalue weighted by Gasteiger charge is 2.26. The third kappa shape index (κ3) is 1.49. The van der Waals surface area contributed by atoms with Crippen LogP contribution in [0.4, 0.5) is 0 Å². The Morgan fingerprint density at radius 2 is 2.30 bits per heavy atom. The predicted octanol–water partition coefficient (Wildman–Crippen LogP) is -0.217. The van der Waals surface area contributed by atoms with Crippen LogP contribution in [0.3, 0.4) is 0 Å². The van der Waals surface area contributed by atoms with E-state index in [9.17, 15) is 8.42 Å². The molecule has 1 heterocycles. The van der Waals surface area contributed by atoms with Crippen molar-refractivity contribution in [2.75, 3.05) is 18.8 Å². The zero-order valence-electron chi connectivity index (χ0n) is 6.13. The lowest BCUT2D eigenvalue weighted by molar-refractivity contribution is 0.540. The van der Waals surface area contributed by atoms with E-state index in [-0.39, 0.29) is 5.25 Å². The minimum atomic E-state index is -2.74. The Balaban J connectivity index is 2.70. The molecule has 1 atom stereocenters. The fourth-order valence-corrected chi connectivity index (χ4v) is 2.81. The van der Waals surface area contributed by atoms with Crippen LogP contribution in [0.25, 0.3) is 0 Å². The van der Waals surface area contributed by atoms with E-state index in [1.807, 2.05) is 6.92 Å². The summed E-state index contributed by atoms with van der Waals surface area (Å²) in [7, 11) is -2.74. The van der Waals surface area contributed by atoms with E-state index < -0.39 is 9.84 Å². The van der Waals surface area contributed by atoms with Gasteiger partial charge in [0.25, 0.3) is 0 Å². The molecular weight excluding hydrogens is 150 g/mol. The molecule has 3 nitrogen and oxygen atoms in total. The predicted molar refractivity (Wildman–Crippen MR) is 40.7 cm³/mol. The van der Waals surface area contributed by atoms with Gasteiger partial charge < -0.3 is 5.32 Å². The van der Waals surface area contributed by atoms with Gasteiger partial charge in [0, 0.05) is 13.1 Å². The number of sulfone groups is 1. The summed E-state index contributed by atoms with van der Waals surface area (Å²) in [5.74, 6) is 0.311. The molecule has 1 rings (SSSR count). The maximum Gasteiger partial charge on any atom is 0.155 e. The molecule has 0 aromatic carbocycles. The molecule has 1 aliphatic heterocycles. The summed E-state index contributed by atoms with van der Waals surface area (Å²) in [6.07, 6.45) is 0.731. The first-order valence-electron chi connectivity index (χ1n) is 3.59. The van der Waals surface area contributed by atoms with Crippen LogP contribution in [0.15, 0.2) is 0 Å². The Labute approximate surface area is 61.7 Å². The van der Waals surface area contributed by atoms with Gasteiger partial charge in [-0.2, -0.15) is 0 Å². The Kier molecular flexibility index (Phi) is 2.31. The summed E-state index contributed by atoms with van der Waals surface area (Å²) in [5, 5.41) is 2.92. The topological polar surface area (TPSA) is 46.2 Å². The van der Waals surface area contributed by atoms with Gasteiger partial charge in [0.05, 0.1) is 11.0 Å². The van der Waals surface area contributed by atoms with Crippen molar-refractivity contribution in [3.05, 3.63) is 0 Å². The molecule has 60 valence electrons. The van der Waals surface area contributed by atoms with Crippen molar-refractivity contribution in [1.82, 2.24) is 5.32 Å². The van der Waals surface area contributed by atoms with E-state index in [0.717, 1.165) is 6.42 Å². The van der Waals surface area contributed by atoms with E-state index in [1.165, 1.54) is 0 Å². The molecule has 1 fully saturated rings. The van der Waals surface area contributed by atoms with E-state index >= 15 is 0 Å². The molecule has 0 amide bonds. The standard InChI is InChI=1S/C6H13NO2S/c1-2-6-5-7-3-4-10(6,8)9/h6-7H,2-5H2,1H3/t6-/m0/s1. The molecule has 0 unspecified atom stereocenters. The van der Waals surface area contributed by atoms with Crippen molar-refractivity contribution in [2.24, 2.45) is 0 Å². The second kappa shape index (κ2) is 2.88. The normalized spacial score (nSPS) is 31.9. The molecule has 0 saturated carbocycles. The third-order valence-corrected chi connectivity index (χ3v) is 4.19. The van der Waals surface area contributed by atoms with Crippen LogP contribution in [0, 0.1) is 0 Å². The van der Waals surface area contributed by atoms with Crippen molar-refractivity contribution < 1.29 is 8.42 Å². The van der Waals surface area contributed by atoms with E-state index in [1.54, 1.807) is 0 Å². The zero-order chi connectivity index (χ0) is 7.61. The molecule has 0 aliphatic carbocycles. The summed E-state index contributed by atoms with van der Waals surface area (Å²) >= 11 is 0. The lowest BCUT2D eigenvalue weighted by atomic mass is 10.3. The number of rotatable bonds is 1. The maximum atomic E-state index is 11.2. The van der Waals surface area contributed by atoms with Crippen molar-refractivity contribution in [1.29, 1.82) is 0 Å². The van der Waals surface area contributed by atoms with Crippen LogP contribution in [-0.2, 0) is 9.84 Å². The first-order chi connectivity index (χ1) is 4.67. The molecule has 10 heavy (non-hydrogen) atoms. The average Bonchev–Trinajstić information content (AvgIpc) is 1.87. The molecule has 4 heteroatoms.